The molecular formula is C20H13NO5. The lowest BCUT2D eigenvalue weighted by Gasteiger charge is -2.06. The van der Waals surface area contributed by atoms with Crippen LogP contribution in [0.25, 0.3) is 0 Å². The molecule has 3 rings (SSSR count). The molecule has 0 fully saturated rings. The second-order valence-corrected chi connectivity index (χ2v) is 5.42. The van der Waals surface area contributed by atoms with Gasteiger partial charge in [-0.15, -0.1) is 0 Å². The lowest BCUT2D eigenvalue weighted by Crippen LogP contribution is -2.09. The zero-order valence-electron chi connectivity index (χ0n) is 13.5. The van der Waals surface area contributed by atoms with Crippen molar-refractivity contribution in [2.45, 2.75) is 0 Å². The standard InChI is InChI=1S/C20H13NO5/c22-19(14-5-2-1-3-6-14)15-9-11-18(12-10-15)26-20(23)16-7-4-8-17(13-16)21(24)25/h1-13H. The molecule has 0 saturated heterocycles. The van der Waals surface area contributed by atoms with E-state index in [9.17, 15) is 19.7 Å². The molecule has 0 amide bonds. The Morgan fingerprint density at radius 3 is 2.04 bits per heavy atom. The molecule has 6 heteroatoms. The van der Waals surface area contributed by atoms with Crippen molar-refractivity contribution < 1.29 is 19.2 Å². The highest BCUT2D eigenvalue weighted by atomic mass is 16.6. The number of carbonyl (C=O) groups is 2. The van der Waals surface area contributed by atoms with E-state index in [1.165, 1.54) is 30.3 Å². The Labute approximate surface area is 148 Å². The minimum Gasteiger partial charge on any atom is -0.423 e. The lowest BCUT2D eigenvalue weighted by molar-refractivity contribution is -0.384. The van der Waals surface area contributed by atoms with Gasteiger partial charge in [-0.3, -0.25) is 14.9 Å². The Kier molecular flexibility index (Phi) is 4.85. The molecule has 0 aliphatic rings. The van der Waals surface area contributed by atoms with Crippen molar-refractivity contribution in [3.63, 3.8) is 0 Å². The van der Waals surface area contributed by atoms with Crippen molar-refractivity contribution in [2.24, 2.45) is 0 Å². The van der Waals surface area contributed by atoms with Gasteiger partial charge in [0.05, 0.1) is 10.5 Å². The highest BCUT2D eigenvalue weighted by molar-refractivity contribution is 6.09. The number of carbonyl (C=O) groups excluding carboxylic acids is 2. The number of ketones is 1. The van der Waals surface area contributed by atoms with E-state index in [1.54, 1.807) is 36.4 Å². The number of non-ortho nitro benzene ring substituents is 1. The average molecular weight is 347 g/mol. The van der Waals surface area contributed by atoms with Crippen molar-refractivity contribution in [3.8, 4) is 5.75 Å². The van der Waals surface area contributed by atoms with Gasteiger partial charge in [-0.05, 0) is 30.3 Å². The summed E-state index contributed by atoms with van der Waals surface area (Å²) < 4.78 is 5.20. The first-order chi connectivity index (χ1) is 12.5. The monoisotopic (exact) mass is 347 g/mol. The van der Waals surface area contributed by atoms with Crippen molar-refractivity contribution in [3.05, 3.63) is 106 Å². The Bertz CT molecular complexity index is 965. The van der Waals surface area contributed by atoms with Gasteiger partial charge in [0, 0.05) is 23.3 Å². The molecule has 128 valence electrons. The maximum absolute atomic E-state index is 12.3. The van der Waals surface area contributed by atoms with Crippen molar-refractivity contribution in [1.29, 1.82) is 0 Å². The molecule has 0 spiro atoms. The molecule has 6 nitrogen and oxygen atoms in total. The molecule has 0 bridgehead atoms. The Hall–Kier alpha value is -3.80. The quantitative estimate of drug-likeness (QED) is 0.228. The molecule has 0 heterocycles. The first-order valence-corrected chi connectivity index (χ1v) is 7.71. The van der Waals surface area contributed by atoms with E-state index in [-0.39, 0.29) is 22.8 Å². The van der Waals surface area contributed by atoms with Gasteiger partial charge in [0.25, 0.3) is 5.69 Å². The highest BCUT2D eigenvalue weighted by Gasteiger charge is 2.14. The average Bonchev–Trinajstić information content (AvgIpc) is 2.68. The predicted octanol–water partition coefficient (Wildman–Crippen LogP) is 4.05. The van der Waals surface area contributed by atoms with E-state index in [1.807, 2.05) is 6.07 Å². The Balaban J connectivity index is 1.73. The van der Waals surface area contributed by atoms with E-state index in [4.69, 9.17) is 4.74 Å². The Morgan fingerprint density at radius 2 is 1.38 bits per heavy atom. The van der Waals surface area contributed by atoms with Crippen LogP contribution in [0.4, 0.5) is 5.69 Å². The third-order valence-corrected chi connectivity index (χ3v) is 3.66. The molecule has 26 heavy (non-hydrogen) atoms. The van der Waals surface area contributed by atoms with Gasteiger partial charge in [-0.25, -0.2) is 4.79 Å². The number of benzene rings is 3. The maximum atomic E-state index is 12.3. The van der Waals surface area contributed by atoms with Gasteiger partial charge in [0.1, 0.15) is 5.75 Å². The summed E-state index contributed by atoms with van der Waals surface area (Å²) in [6, 6.07) is 20.2. The fraction of sp³-hybridized carbons (Fsp3) is 0. The molecule has 0 unspecified atom stereocenters. The third kappa shape index (κ3) is 3.81. The molecule has 0 radical (unpaired) electrons. The van der Waals surface area contributed by atoms with Crippen LogP contribution >= 0.6 is 0 Å². The molecule has 0 atom stereocenters. The minimum absolute atomic E-state index is 0.0728. The maximum Gasteiger partial charge on any atom is 0.343 e. The SMILES string of the molecule is O=C(Oc1ccc(C(=O)c2ccccc2)cc1)c1cccc([N+](=O)[O-])c1. The van der Waals surface area contributed by atoms with Crippen molar-refractivity contribution >= 4 is 17.4 Å². The number of nitro benzene ring substituents is 1. The molecule has 3 aromatic carbocycles. The van der Waals surface area contributed by atoms with E-state index in [0.29, 0.717) is 11.1 Å². The van der Waals surface area contributed by atoms with Crippen LogP contribution in [0.1, 0.15) is 26.3 Å². The number of nitro groups is 1. The molecular weight excluding hydrogens is 334 g/mol. The summed E-state index contributed by atoms with van der Waals surface area (Å²) in [4.78, 5) is 34.6. The third-order valence-electron chi connectivity index (χ3n) is 3.66. The zero-order chi connectivity index (χ0) is 18.5. The molecule has 0 aliphatic heterocycles. The van der Waals surface area contributed by atoms with E-state index >= 15 is 0 Å². The summed E-state index contributed by atoms with van der Waals surface area (Å²) in [5.74, 6) is -0.607. The van der Waals surface area contributed by atoms with Gasteiger partial charge in [0.15, 0.2) is 5.78 Å². The molecule has 3 aromatic rings. The largest absolute Gasteiger partial charge is 0.423 e. The van der Waals surface area contributed by atoms with Crippen LogP contribution in [0.15, 0.2) is 78.9 Å². The van der Waals surface area contributed by atoms with Crippen molar-refractivity contribution in [1.82, 2.24) is 0 Å². The molecule has 0 aromatic heterocycles. The number of esters is 1. The summed E-state index contributed by atoms with van der Waals surface area (Å²) >= 11 is 0. The van der Waals surface area contributed by atoms with Crippen LogP contribution in [0.5, 0.6) is 5.75 Å². The van der Waals surface area contributed by atoms with Gasteiger partial charge in [-0.1, -0.05) is 36.4 Å². The number of rotatable bonds is 5. The number of ether oxygens (including phenoxy) is 1. The van der Waals surface area contributed by atoms with Crippen LogP contribution in [0.3, 0.4) is 0 Å². The van der Waals surface area contributed by atoms with E-state index in [2.05, 4.69) is 0 Å². The number of hydrogen-bond donors (Lipinski definition) is 0. The number of nitrogens with zero attached hydrogens (tertiary/aromatic N) is 1. The normalized spacial score (nSPS) is 10.2. The van der Waals surface area contributed by atoms with Crippen LogP contribution < -0.4 is 4.74 Å². The van der Waals surface area contributed by atoms with Gasteiger partial charge >= 0.3 is 5.97 Å². The second-order valence-electron chi connectivity index (χ2n) is 5.42. The molecule has 0 saturated carbocycles. The summed E-state index contributed by atoms with van der Waals surface area (Å²) in [5.41, 5.74) is 0.909. The fourth-order valence-electron chi connectivity index (χ4n) is 2.34. The number of hydrogen-bond acceptors (Lipinski definition) is 5. The van der Waals surface area contributed by atoms with Crippen LogP contribution in [0.2, 0.25) is 0 Å². The summed E-state index contributed by atoms with van der Waals surface area (Å²) in [7, 11) is 0. The lowest BCUT2D eigenvalue weighted by atomic mass is 10.0. The predicted molar refractivity (Wildman–Crippen MR) is 94.4 cm³/mol. The zero-order valence-corrected chi connectivity index (χ0v) is 13.5. The highest BCUT2D eigenvalue weighted by Crippen LogP contribution is 2.18. The summed E-state index contributed by atoms with van der Waals surface area (Å²) in [6.07, 6.45) is 0. The summed E-state index contributed by atoms with van der Waals surface area (Å²) in [6.45, 7) is 0. The van der Waals surface area contributed by atoms with Crippen molar-refractivity contribution in [2.75, 3.05) is 0 Å². The summed E-state index contributed by atoms with van der Waals surface area (Å²) in [5, 5.41) is 10.8. The van der Waals surface area contributed by atoms with Gasteiger partial charge in [0.2, 0.25) is 0 Å². The molecule has 0 aliphatic carbocycles. The first-order valence-electron chi connectivity index (χ1n) is 7.71. The smallest absolute Gasteiger partial charge is 0.343 e. The van der Waals surface area contributed by atoms with E-state index in [0.717, 1.165) is 6.07 Å². The van der Waals surface area contributed by atoms with Gasteiger partial charge in [-0.2, -0.15) is 0 Å². The first kappa shape index (κ1) is 17.0. The minimum atomic E-state index is -0.712. The molecule has 0 N–H and O–H groups in total. The van der Waals surface area contributed by atoms with Crippen LogP contribution in [0, 0.1) is 10.1 Å². The second kappa shape index (κ2) is 7.40. The van der Waals surface area contributed by atoms with Crippen LogP contribution in [-0.4, -0.2) is 16.7 Å². The van der Waals surface area contributed by atoms with Gasteiger partial charge < -0.3 is 4.74 Å². The topological polar surface area (TPSA) is 86.5 Å². The van der Waals surface area contributed by atoms with E-state index < -0.39 is 10.9 Å². The van der Waals surface area contributed by atoms with Crippen LogP contribution in [-0.2, 0) is 0 Å². The fourth-order valence-corrected chi connectivity index (χ4v) is 2.34. The Morgan fingerprint density at radius 1 is 0.769 bits per heavy atom.